The van der Waals surface area contributed by atoms with Gasteiger partial charge < -0.3 is 15.7 Å². The number of carboxylic acids is 1. The van der Waals surface area contributed by atoms with E-state index in [1.54, 1.807) is 0 Å². The first kappa shape index (κ1) is 15.8. The number of carbonyl (C=O) groups is 2. The smallest absolute Gasteiger partial charge is 0.416 e. The van der Waals surface area contributed by atoms with Crippen LogP contribution in [0.5, 0.6) is 0 Å². The molecule has 0 aromatic heterocycles. The summed E-state index contributed by atoms with van der Waals surface area (Å²) >= 11 is 0. The summed E-state index contributed by atoms with van der Waals surface area (Å²) in [5, 5.41) is 14.1. The summed E-state index contributed by atoms with van der Waals surface area (Å²) in [5.74, 6) is -1.71. The second-order valence-electron chi connectivity index (χ2n) is 3.97. The molecule has 3 N–H and O–H groups in total. The van der Waals surface area contributed by atoms with Gasteiger partial charge in [0.25, 0.3) is 0 Å². The van der Waals surface area contributed by atoms with Crippen molar-refractivity contribution >= 4 is 17.6 Å². The van der Waals surface area contributed by atoms with Crippen molar-refractivity contribution in [2.45, 2.75) is 13.1 Å². The molecule has 0 saturated carbocycles. The average molecular weight is 290 g/mol. The maximum atomic E-state index is 12.5. The van der Waals surface area contributed by atoms with Crippen molar-refractivity contribution in [2.75, 3.05) is 18.4 Å². The molecule has 1 amide bonds. The molecule has 8 heteroatoms. The molecule has 0 saturated heterocycles. The van der Waals surface area contributed by atoms with Crippen LogP contribution in [0.3, 0.4) is 0 Å². The number of hydrogen-bond donors (Lipinski definition) is 3. The zero-order valence-corrected chi connectivity index (χ0v) is 10.5. The van der Waals surface area contributed by atoms with Gasteiger partial charge in [0.05, 0.1) is 11.1 Å². The van der Waals surface area contributed by atoms with Crippen molar-refractivity contribution < 1.29 is 27.9 Å². The molecular formula is C12H13F3N2O3. The van der Waals surface area contributed by atoms with Gasteiger partial charge >= 0.3 is 12.1 Å². The van der Waals surface area contributed by atoms with Crippen LogP contribution < -0.4 is 10.6 Å². The molecule has 0 spiro atoms. The van der Waals surface area contributed by atoms with Gasteiger partial charge in [0, 0.05) is 25.7 Å². The van der Waals surface area contributed by atoms with Gasteiger partial charge in [0.2, 0.25) is 5.91 Å². The Balaban J connectivity index is 2.86. The maximum absolute atomic E-state index is 12.5. The normalized spacial score (nSPS) is 11.0. The molecule has 1 aromatic rings. The zero-order chi connectivity index (χ0) is 15.3. The number of hydrogen-bond acceptors (Lipinski definition) is 3. The number of carboxylic acid groups (broad SMARTS) is 1. The largest absolute Gasteiger partial charge is 0.478 e. The maximum Gasteiger partial charge on any atom is 0.416 e. The van der Waals surface area contributed by atoms with Gasteiger partial charge in [-0.1, -0.05) is 0 Å². The lowest BCUT2D eigenvalue weighted by atomic mass is 10.1. The van der Waals surface area contributed by atoms with Crippen LogP contribution in [0.2, 0.25) is 0 Å². The van der Waals surface area contributed by atoms with Gasteiger partial charge in [0.1, 0.15) is 0 Å². The fourth-order valence-electron chi connectivity index (χ4n) is 1.49. The van der Waals surface area contributed by atoms with Crippen LogP contribution in [-0.4, -0.2) is 30.1 Å². The first-order chi connectivity index (χ1) is 9.21. The molecule has 0 aliphatic heterocycles. The predicted octanol–water partition coefficient (Wildman–Crippen LogP) is 1.95. The van der Waals surface area contributed by atoms with E-state index in [2.05, 4.69) is 10.6 Å². The molecule has 20 heavy (non-hydrogen) atoms. The first-order valence-corrected chi connectivity index (χ1v) is 5.64. The molecule has 110 valence electrons. The van der Waals surface area contributed by atoms with E-state index in [-0.39, 0.29) is 24.7 Å². The predicted molar refractivity (Wildman–Crippen MR) is 65.6 cm³/mol. The number of aromatic carboxylic acids is 1. The minimum Gasteiger partial charge on any atom is -0.478 e. The van der Waals surface area contributed by atoms with Gasteiger partial charge in [-0.05, 0) is 18.2 Å². The minimum atomic E-state index is -4.60. The van der Waals surface area contributed by atoms with Crippen LogP contribution in [0.15, 0.2) is 18.2 Å². The Bertz CT molecular complexity index is 515. The van der Waals surface area contributed by atoms with E-state index in [0.29, 0.717) is 6.07 Å². The second kappa shape index (κ2) is 6.27. The molecule has 0 heterocycles. The Morgan fingerprint density at radius 3 is 2.40 bits per heavy atom. The fourth-order valence-corrected chi connectivity index (χ4v) is 1.49. The number of anilines is 1. The lowest BCUT2D eigenvalue weighted by Crippen LogP contribution is -2.26. The van der Waals surface area contributed by atoms with E-state index in [9.17, 15) is 22.8 Å². The summed E-state index contributed by atoms with van der Waals surface area (Å²) in [7, 11) is 0. The van der Waals surface area contributed by atoms with Gasteiger partial charge in [-0.15, -0.1) is 0 Å². The van der Waals surface area contributed by atoms with Crippen LogP contribution in [0.1, 0.15) is 22.8 Å². The number of halogens is 3. The van der Waals surface area contributed by atoms with E-state index in [1.807, 2.05) is 0 Å². The third-order valence-corrected chi connectivity index (χ3v) is 2.39. The molecule has 0 fully saturated rings. The highest BCUT2D eigenvalue weighted by Crippen LogP contribution is 2.31. The van der Waals surface area contributed by atoms with E-state index < -0.39 is 23.3 Å². The van der Waals surface area contributed by atoms with Crippen LogP contribution in [0.4, 0.5) is 18.9 Å². The summed E-state index contributed by atoms with van der Waals surface area (Å²) in [6, 6.07) is 2.43. The minimum absolute atomic E-state index is 0.0656. The van der Waals surface area contributed by atoms with Crippen molar-refractivity contribution in [3.63, 3.8) is 0 Å². The summed E-state index contributed by atoms with van der Waals surface area (Å²) in [4.78, 5) is 21.6. The summed E-state index contributed by atoms with van der Waals surface area (Å²) < 4.78 is 37.5. The zero-order valence-electron chi connectivity index (χ0n) is 10.5. The third-order valence-electron chi connectivity index (χ3n) is 2.39. The molecule has 0 atom stereocenters. The summed E-state index contributed by atoms with van der Waals surface area (Å²) in [6.45, 7) is 1.75. The van der Waals surface area contributed by atoms with Gasteiger partial charge in [-0.2, -0.15) is 13.2 Å². The van der Waals surface area contributed by atoms with E-state index in [4.69, 9.17) is 5.11 Å². The number of benzene rings is 1. The first-order valence-electron chi connectivity index (χ1n) is 5.64. The summed E-state index contributed by atoms with van der Waals surface area (Å²) in [5.41, 5.74) is -1.43. The Morgan fingerprint density at radius 1 is 1.25 bits per heavy atom. The highest BCUT2D eigenvalue weighted by Gasteiger charge is 2.31. The number of carbonyl (C=O) groups excluding carboxylic acids is 1. The van der Waals surface area contributed by atoms with Crippen LogP contribution in [-0.2, 0) is 11.0 Å². The molecule has 1 aromatic carbocycles. The second-order valence-corrected chi connectivity index (χ2v) is 3.97. The van der Waals surface area contributed by atoms with Crippen LogP contribution >= 0.6 is 0 Å². The van der Waals surface area contributed by atoms with Crippen LogP contribution in [0.25, 0.3) is 0 Å². The quantitative estimate of drug-likeness (QED) is 0.724. The molecule has 0 unspecified atom stereocenters. The van der Waals surface area contributed by atoms with Crippen molar-refractivity contribution in [3.05, 3.63) is 29.3 Å². The molecular weight excluding hydrogens is 277 g/mol. The Morgan fingerprint density at radius 2 is 1.90 bits per heavy atom. The number of amides is 1. The van der Waals surface area contributed by atoms with E-state index in [1.165, 1.54) is 6.92 Å². The number of rotatable bonds is 5. The monoisotopic (exact) mass is 290 g/mol. The molecule has 5 nitrogen and oxygen atoms in total. The Labute approximate surface area is 112 Å². The third kappa shape index (κ3) is 4.45. The molecule has 0 radical (unpaired) electrons. The molecule has 0 bridgehead atoms. The van der Waals surface area contributed by atoms with Crippen molar-refractivity contribution in [3.8, 4) is 0 Å². The molecule has 0 aliphatic carbocycles. The van der Waals surface area contributed by atoms with Crippen molar-refractivity contribution in [1.29, 1.82) is 0 Å². The average Bonchev–Trinajstić information content (AvgIpc) is 2.33. The standard InChI is InChI=1S/C12H13F3N2O3/c1-7(18)16-4-5-17-10-3-2-8(12(13,14)15)6-9(10)11(19)20/h2-3,6,17H,4-5H2,1H3,(H,16,18)(H,19,20). The van der Waals surface area contributed by atoms with Crippen molar-refractivity contribution in [1.82, 2.24) is 5.32 Å². The number of alkyl halides is 3. The Hall–Kier alpha value is -2.25. The molecule has 0 aliphatic rings. The van der Waals surface area contributed by atoms with E-state index >= 15 is 0 Å². The highest BCUT2D eigenvalue weighted by molar-refractivity contribution is 5.94. The van der Waals surface area contributed by atoms with Gasteiger partial charge in [0.15, 0.2) is 0 Å². The SMILES string of the molecule is CC(=O)NCCNc1ccc(C(F)(F)F)cc1C(=O)O. The fraction of sp³-hybridized carbons (Fsp3) is 0.333. The van der Waals surface area contributed by atoms with Gasteiger partial charge in [-0.3, -0.25) is 4.79 Å². The van der Waals surface area contributed by atoms with Crippen LogP contribution in [0, 0.1) is 0 Å². The van der Waals surface area contributed by atoms with E-state index in [0.717, 1.165) is 12.1 Å². The molecule has 1 rings (SSSR count). The topological polar surface area (TPSA) is 78.4 Å². The lowest BCUT2D eigenvalue weighted by molar-refractivity contribution is -0.137. The lowest BCUT2D eigenvalue weighted by Gasteiger charge is -2.13. The Kier molecular flexibility index (Phi) is 4.95. The number of nitrogens with one attached hydrogen (secondary N) is 2. The van der Waals surface area contributed by atoms with Gasteiger partial charge in [-0.25, -0.2) is 4.79 Å². The summed E-state index contributed by atoms with van der Waals surface area (Å²) in [6.07, 6.45) is -4.60. The van der Waals surface area contributed by atoms with Crippen molar-refractivity contribution in [2.24, 2.45) is 0 Å². The highest BCUT2D eigenvalue weighted by atomic mass is 19.4.